The molecule has 6 heteroatoms. The van der Waals surface area contributed by atoms with E-state index in [9.17, 15) is 14.0 Å². The summed E-state index contributed by atoms with van der Waals surface area (Å²) in [5, 5.41) is 7.29. The van der Waals surface area contributed by atoms with Crippen molar-refractivity contribution in [1.82, 2.24) is 4.57 Å². The zero-order valence-electron chi connectivity index (χ0n) is 16.6. The van der Waals surface area contributed by atoms with Crippen molar-refractivity contribution in [1.29, 1.82) is 0 Å². The highest BCUT2D eigenvalue weighted by Gasteiger charge is 2.14. The zero-order chi connectivity index (χ0) is 22.0. The number of benzene rings is 3. The van der Waals surface area contributed by atoms with Crippen molar-refractivity contribution >= 4 is 33.7 Å². The van der Waals surface area contributed by atoms with Crippen molar-refractivity contribution in [2.24, 2.45) is 7.05 Å². The Bertz CT molecular complexity index is 1400. The molecule has 2 N–H and O–H groups in total. The van der Waals surface area contributed by atoms with Crippen molar-refractivity contribution in [3.8, 4) is 23.5 Å². The first-order chi connectivity index (χ1) is 15.0. The van der Waals surface area contributed by atoms with Crippen LogP contribution in [-0.4, -0.2) is 10.5 Å². The number of terminal acetylenes is 1. The molecule has 0 bridgehead atoms. The van der Waals surface area contributed by atoms with Crippen LogP contribution in [0.2, 0.25) is 0 Å². The van der Waals surface area contributed by atoms with E-state index < -0.39 is 5.91 Å². The summed E-state index contributed by atoms with van der Waals surface area (Å²) in [6.45, 7) is 0. The third kappa shape index (κ3) is 4.02. The standard InChI is InChI=1S/C25H18FN3O2/c1-3-24(30)28-18-12-13-23(27-17-10-8-16(26)9-11-17)21(14-18)22-15-29(2)25(31)20-7-5-4-6-19(20)22/h1,4-15,27H,2H3,(H,28,30). The van der Waals surface area contributed by atoms with Gasteiger partial charge < -0.3 is 15.2 Å². The number of halogens is 1. The van der Waals surface area contributed by atoms with Gasteiger partial charge in [-0.2, -0.15) is 0 Å². The second-order valence-corrected chi connectivity index (χ2v) is 7.00. The van der Waals surface area contributed by atoms with E-state index in [2.05, 4.69) is 10.6 Å². The number of aryl methyl sites for hydroxylation is 1. The molecule has 152 valence electrons. The van der Waals surface area contributed by atoms with Crippen LogP contribution < -0.4 is 16.2 Å². The number of carbonyl (C=O) groups is 1. The molecule has 0 aliphatic carbocycles. The second kappa shape index (κ2) is 8.17. The number of nitrogens with one attached hydrogen (secondary N) is 2. The number of fused-ring (bicyclic) bond motifs is 1. The quantitative estimate of drug-likeness (QED) is 0.480. The van der Waals surface area contributed by atoms with Gasteiger partial charge in [0, 0.05) is 46.8 Å². The minimum absolute atomic E-state index is 0.107. The molecule has 0 aliphatic heterocycles. The van der Waals surface area contributed by atoms with Crippen LogP contribution in [0, 0.1) is 18.2 Å². The first-order valence-electron chi connectivity index (χ1n) is 9.49. The fraction of sp³-hybridized carbons (Fsp3) is 0.0400. The number of hydrogen-bond donors (Lipinski definition) is 2. The highest BCUT2D eigenvalue weighted by Crippen LogP contribution is 2.36. The van der Waals surface area contributed by atoms with Crippen LogP contribution in [0.3, 0.4) is 0 Å². The Kier molecular flexibility index (Phi) is 5.25. The summed E-state index contributed by atoms with van der Waals surface area (Å²) in [5.74, 6) is 1.14. The predicted molar refractivity (Wildman–Crippen MR) is 122 cm³/mol. The number of carbonyl (C=O) groups excluding carboxylic acids is 1. The molecule has 0 saturated heterocycles. The van der Waals surface area contributed by atoms with Crippen LogP contribution in [0.1, 0.15) is 0 Å². The highest BCUT2D eigenvalue weighted by molar-refractivity contribution is 6.05. The zero-order valence-corrected chi connectivity index (χ0v) is 16.6. The van der Waals surface area contributed by atoms with E-state index in [1.807, 2.05) is 24.1 Å². The van der Waals surface area contributed by atoms with Crippen molar-refractivity contribution in [3.63, 3.8) is 0 Å². The Morgan fingerprint density at radius 3 is 2.35 bits per heavy atom. The van der Waals surface area contributed by atoms with Gasteiger partial charge in [-0.05, 0) is 59.8 Å². The lowest BCUT2D eigenvalue weighted by atomic mass is 9.98. The lowest BCUT2D eigenvalue weighted by Crippen LogP contribution is -2.16. The maximum Gasteiger partial charge on any atom is 0.300 e. The maximum atomic E-state index is 13.3. The van der Waals surface area contributed by atoms with Gasteiger partial charge in [-0.1, -0.05) is 18.2 Å². The monoisotopic (exact) mass is 411 g/mol. The van der Waals surface area contributed by atoms with Crippen LogP contribution in [0.15, 0.2) is 77.7 Å². The van der Waals surface area contributed by atoms with Gasteiger partial charge in [-0.15, -0.1) is 6.42 Å². The van der Waals surface area contributed by atoms with E-state index in [0.29, 0.717) is 22.4 Å². The van der Waals surface area contributed by atoms with Crippen LogP contribution >= 0.6 is 0 Å². The SMILES string of the molecule is C#CC(=O)Nc1ccc(Nc2ccc(F)cc2)c(-c2cn(C)c(=O)c3ccccc23)c1. The van der Waals surface area contributed by atoms with Crippen molar-refractivity contribution in [2.45, 2.75) is 0 Å². The Balaban J connectivity index is 1.93. The van der Waals surface area contributed by atoms with E-state index in [1.54, 1.807) is 49.6 Å². The molecule has 4 rings (SSSR count). The van der Waals surface area contributed by atoms with Crippen molar-refractivity contribution in [2.75, 3.05) is 10.6 Å². The number of rotatable bonds is 4. The predicted octanol–water partition coefficient (Wildman–Crippen LogP) is 4.66. The first kappa shape index (κ1) is 19.9. The molecular weight excluding hydrogens is 393 g/mol. The molecule has 1 amide bonds. The Hall–Kier alpha value is -4.37. The summed E-state index contributed by atoms with van der Waals surface area (Å²) >= 11 is 0. The first-order valence-corrected chi connectivity index (χ1v) is 9.49. The molecule has 3 aromatic carbocycles. The number of aromatic nitrogens is 1. The van der Waals surface area contributed by atoms with Gasteiger partial charge >= 0.3 is 0 Å². The smallest absolute Gasteiger partial charge is 0.300 e. The van der Waals surface area contributed by atoms with E-state index in [4.69, 9.17) is 6.42 Å². The number of nitrogens with zero attached hydrogens (tertiary/aromatic N) is 1. The van der Waals surface area contributed by atoms with Gasteiger partial charge in [0.1, 0.15) is 5.82 Å². The van der Waals surface area contributed by atoms with Gasteiger partial charge in [0.15, 0.2) is 0 Å². The maximum absolute atomic E-state index is 13.3. The topological polar surface area (TPSA) is 63.1 Å². The molecule has 4 aromatic rings. The minimum atomic E-state index is -0.560. The molecule has 0 aliphatic rings. The summed E-state index contributed by atoms with van der Waals surface area (Å²) in [6, 6.07) is 18.6. The van der Waals surface area contributed by atoms with Crippen molar-refractivity contribution in [3.05, 3.63) is 89.1 Å². The molecule has 0 unspecified atom stereocenters. The molecular formula is C25H18FN3O2. The third-order valence-corrected chi connectivity index (χ3v) is 4.91. The fourth-order valence-electron chi connectivity index (χ4n) is 3.44. The number of pyridine rings is 1. The molecule has 31 heavy (non-hydrogen) atoms. The Morgan fingerprint density at radius 1 is 0.968 bits per heavy atom. The van der Waals surface area contributed by atoms with Gasteiger partial charge in [-0.25, -0.2) is 4.39 Å². The van der Waals surface area contributed by atoms with Crippen LogP contribution in [0.5, 0.6) is 0 Å². The average molecular weight is 411 g/mol. The van der Waals surface area contributed by atoms with Gasteiger partial charge in [0.2, 0.25) is 0 Å². The van der Waals surface area contributed by atoms with E-state index in [0.717, 1.165) is 16.5 Å². The fourth-order valence-corrected chi connectivity index (χ4v) is 3.44. The summed E-state index contributed by atoms with van der Waals surface area (Å²) < 4.78 is 14.8. The van der Waals surface area contributed by atoms with Crippen LogP contribution in [-0.2, 0) is 11.8 Å². The Labute approximate surface area is 178 Å². The molecule has 1 aromatic heterocycles. The summed E-state index contributed by atoms with van der Waals surface area (Å²) in [5.41, 5.74) is 3.35. The molecule has 1 heterocycles. The lowest BCUT2D eigenvalue weighted by molar-refractivity contribution is -0.111. The largest absolute Gasteiger partial charge is 0.355 e. The van der Waals surface area contributed by atoms with E-state index in [-0.39, 0.29) is 11.4 Å². The number of amides is 1. The average Bonchev–Trinajstić information content (AvgIpc) is 2.78. The molecule has 0 fully saturated rings. The van der Waals surface area contributed by atoms with Crippen LogP contribution in [0.25, 0.3) is 21.9 Å². The summed E-state index contributed by atoms with van der Waals surface area (Å²) in [7, 11) is 1.69. The lowest BCUT2D eigenvalue weighted by Gasteiger charge is -2.17. The third-order valence-electron chi connectivity index (χ3n) is 4.91. The number of anilines is 3. The van der Waals surface area contributed by atoms with Crippen LogP contribution in [0.4, 0.5) is 21.5 Å². The molecule has 0 spiro atoms. The summed E-state index contributed by atoms with van der Waals surface area (Å²) in [6.07, 6.45) is 6.93. The van der Waals surface area contributed by atoms with E-state index in [1.165, 1.54) is 16.7 Å². The molecule has 0 radical (unpaired) electrons. The van der Waals surface area contributed by atoms with Gasteiger partial charge in [0.25, 0.3) is 11.5 Å². The summed E-state index contributed by atoms with van der Waals surface area (Å²) in [4.78, 5) is 24.3. The Morgan fingerprint density at radius 2 is 1.65 bits per heavy atom. The second-order valence-electron chi connectivity index (χ2n) is 7.00. The normalized spacial score (nSPS) is 10.5. The van der Waals surface area contributed by atoms with E-state index >= 15 is 0 Å². The highest BCUT2D eigenvalue weighted by atomic mass is 19.1. The minimum Gasteiger partial charge on any atom is -0.355 e. The van der Waals surface area contributed by atoms with Gasteiger partial charge in [0.05, 0.1) is 0 Å². The van der Waals surface area contributed by atoms with Gasteiger partial charge in [-0.3, -0.25) is 9.59 Å². The molecule has 5 nitrogen and oxygen atoms in total. The molecule has 0 saturated carbocycles. The molecule has 0 atom stereocenters. The van der Waals surface area contributed by atoms with Crippen molar-refractivity contribution < 1.29 is 9.18 Å². The number of hydrogen-bond acceptors (Lipinski definition) is 3.